The van der Waals surface area contributed by atoms with Crippen LogP contribution in [0.25, 0.3) is 0 Å². The van der Waals surface area contributed by atoms with Crippen LogP contribution in [-0.4, -0.2) is 61.3 Å². The summed E-state index contributed by atoms with van der Waals surface area (Å²) in [5.41, 5.74) is 0.514. The third-order valence-corrected chi connectivity index (χ3v) is 4.66. The molecular weight excluding hydrogens is 436 g/mol. The van der Waals surface area contributed by atoms with Crippen LogP contribution in [0.4, 0.5) is 0 Å². The molecule has 0 bridgehead atoms. The summed E-state index contributed by atoms with van der Waals surface area (Å²) >= 11 is 0. The maximum absolute atomic E-state index is 11.2. The zero-order chi connectivity index (χ0) is 24.0. The van der Waals surface area contributed by atoms with Crippen LogP contribution in [0.2, 0.25) is 0 Å². The average Bonchev–Trinajstić information content (AvgIpc) is 2.58. The lowest BCUT2D eigenvalue weighted by atomic mass is 10.1. The van der Waals surface area contributed by atoms with Crippen molar-refractivity contribution in [2.45, 2.75) is 25.9 Å². The Morgan fingerprint density at radius 1 is 0.933 bits per heavy atom. The Labute approximate surface area is 177 Å². The first-order chi connectivity index (χ1) is 13.7. The summed E-state index contributed by atoms with van der Waals surface area (Å²) in [6, 6.07) is -1.48. The van der Waals surface area contributed by atoms with Gasteiger partial charge in [-0.25, -0.2) is 0 Å². The highest BCUT2D eigenvalue weighted by atomic mass is 32.2. The van der Waals surface area contributed by atoms with Crippen molar-refractivity contribution in [3.63, 3.8) is 0 Å². The van der Waals surface area contributed by atoms with Gasteiger partial charge in [0, 0.05) is 6.04 Å². The van der Waals surface area contributed by atoms with Crippen LogP contribution in [0.15, 0.2) is 61.8 Å². The molecule has 0 aliphatic rings. The van der Waals surface area contributed by atoms with Gasteiger partial charge in [0.15, 0.2) is 0 Å². The van der Waals surface area contributed by atoms with Gasteiger partial charge in [0.25, 0.3) is 20.2 Å². The van der Waals surface area contributed by atoms with Crippen molar-refractivity contribution in [2.75, 3.05) is 11.5 Å². The third kappa shape index (κ3) is 17.6. The number of nitrogens with one attached hydrogen (secondary N) is 2. The van der Waals surface area contributed by atoms with Crippen LogP contribution in [0.3, 0.4) is 0 Å². The van der Waals surface area contributed by atoms with Crippen LogP contribution >= 0.6 is 0 Å². The van der Waals surface area contributed by atoms with Gasteiger partial charge < -0.3 is 10.6 Å². The van der Waals surface area contributed by atoms with Crippen molar-refractivity contribution in [1.29, 1.82) is 0 Å². The van der Waals surface area contributed by atoms with E-state index >= 15 is 0 Å². The average molecular weight is 465 g/mol. The van der Waals surface area contributed by atoms with Crippen molar-refractivity contribution in [1.82, 2.24) is 10.6 Å². The molecule has 0 aromatic heterocycles. The van der Waals surface area contributed by atoms with Gasteiger partial charge >= 0.3 is 0 Å². The molecule has 2 amide bonds. The van der Waals surface area contributed by atoms with Crippen molar-refractivity contribution in [2.24, 2.45) is 0 Å². The lowest BCUT2D eigenvalue weighted by Crippen LogP contribution is -2.40. The van der Waals surface area contributed by atoms with E-state index in [4.69, 9.17) is 9.11 Å². The molecule has 4 N–H and O–H groups in total. The first-order valence-electron chi connectivity index (χ1n) is 8.40. The Morgan fingerprint density at radius 2 is 1.40 bits per heavy atom. The SMILES string of the molecule is C=C/C=C(\C=C/C)C(CS(=O)(=O)O)NC(=O)C=C.C=CC(=O)NC(C)CS(=O)(=O)O. The van der Waals surface area contributed by atoms with Crippen LogP contribution in [0.5, 0.6) is 0 Å². The fourth-order valence-corrected chi connectivity index (χ4v) is 3.35. The van der Waals surface area contributed by atoms with Crippen LogP contribution in [0, 0.1) is 0 Å². The van der Waals surface area contributed by atoms with Gasteiger partial charge in [-0.1, -0.05) is 44.0 Å². The van der Waals surface area contributed by atoms with E-state index in [-0.39, 0.29) is 0 Å². The summed E-state index contributed by atoms with van der Waals surface area (Å²) in [6.45, 7) is 13.2. The second-order valence-electron chi connectivity index (χ2n) is 5.78. The number of carbonyl (C=O) groups is 2. The summed E-state index contributed by atoms with van der Waals surface area (Å²) in [6.07, 6.45) is 8.39. The summed E-state index contributed by atoms with van der Waals surface area (Å²) in [5.74, 6) is -2.10. The lowest BCUT2D eigenvalue weighted by molar-refractivity contribution is -0.117. The number of hydrogen-bond acceptors (Lipinski definition) is 6. The van der Waals surface area contributed by atoms with Crippen LogP contribution in [0.1, 0.15) is 13.8 Å². The number of amides is 2. The predicted octanol–water partition coefficient (Wildman–Crippen LogP) is 0.798. The third-order valence-electron chi connectivity index (χ3n) is 2.99. The predicted molar refractivity (Wildman–Crippen MR) is 116 cm³/mol. The van der Waals surface area contributed by atoms with Gasteiger partial charge in [-0.05, 0) is 31.6 Å². The molecular formula is C18H28N2O8S2. The first-order valence-corrected chi connectivity index (χ1v) is 11.6. The Kier molecular flexibility index (Phi) is 14.3. The molecule has 2 atom stereocenters. The molecule has 0 aliphatic carbocycles. The Balaban J connectivity index is 0. The molecule has 0 radical (unpaired) electrons. The minimum Gasteiger partial charge on any atom is -0.349 e. The molecule has 12 heteroatoms. The van der Waals surface area contributed by atoms with Gasteiger partial charge in [-0.2, -0.15) is 16.8 Å². The van der Waals surface area contributed by atoms with Crippen molar-refractivity contribution < 1.29 is 35.5 Å². The molecule has 170 valence electrons. The molecule has 10 nitrogen and oxygen atoms in total. The topological polar surface area (TPSA) is 167 Å². The second-order valence-corrected chi connectivity index (χ2v) is 8.77. The maximum atomic E-state index is 11.2. The molecule has 0 saturated heterocycles. The summed E-state index contributed by atoms with van der Waals surface area (Å²) < 4.78 is 59.7. The maximum Gasteiger partial charge on any atom is 0.267 e. The Bertz CT molecular complexity index is 887. The lowest BCUT2D eigenvalue weighted by Gasteiger charge is -2.17. The number of carbonyl (C=O) groups excluding carboxylic acids is 2. The smallest absolute Gasteiger partial charge is 0.267 e. The Hall–Kier alpha value is -2.54. The van der Waals surface area contributed by atoms with Gasteiger partial charge in [0.2, 0.25) is 11.8 Å². The van der Waals surface area contributed by atoms with E-state index in [2.05, 4.69) is 30.4 Å². The van der Waals surface area contributed by atoms with E-state index in [1.54, 1.807) is 25.2 Å². The van der Waals surface area contributed by atoms with E-state index in [1.807, 2.05) is 0 Å². The van der Waals surface area contributed by atoms with Crippen molar-refractivity contribution in [3.8, 4) is 0 Å². The van der Waals surface area contributed by atoms with E-state index in [9.17, 15) is 26.4 Å². The van der Waals surface area contributed by atoms with E-state index in [0.29, 0.717) is 5.57 Å². The Morgan fingerprint density at radius 3 is 1.77 bits per heavy atom. The minimum atomic E-state index is -4.22. The number of rotatable bonds is 11. The quantitative estimate of drug-likeness (QED) is 0.198. The van der Waals surface area contributed by atoms with Gasteiger partial charge in [-0.15, -0.1) is 0 Å². The molecule has 0 rings (SSSR count). The molecule has 30 heavy (non-hydrogen) atoms. The molecule has 0 aromatic rings. The van der Waals surface area contributed by atoms with Crippen molar-refractivity contribution in [3.05, 3.63) is 61.8 Å². The summed E-state index contributed by atoms with van der Waals surface area (Å²) in [4.78, 5) is 21.8. The minimum absolute atomic E-state index is 0.467. The monoisotopic (exact) mass is 464 g/mol. The fraction of sp³-hybridized carbons (Fsp3) is 0.333. The van der Waals surface area contributed by atoms with E-state index in [1.165, 1.54) is 13.0 Å². The number of allylic oxidation sites excluding steroid dienone is 3. The van der Waals surface area contributed by atoms with Crippen LogP contribution in [-0.2, 0) is 29.8 Å². The normalized spacial score (nSPS) is 13.9. The molecule has 0 spiro atoms. The largest absolute Gasteiger partial charge is 0.349 e. The summed E-state index contributed by atoms with van der Waals surface area (Å²) in [7, 11) is -8.24. The van der Waals surface area contributed by atoms with E-state index in [0.717, 1.165) is 12.2 Å². The van der Waals surface area contributed by atoms with Crippen molar-refractivity contribution >= 4 is 32.1 Å². The summed E-state index contributed by atoms with van der Waals surface area (Å²) in [5, 5.41) is 4.72. The zero-order valence-electron chi connectivity index (χ0n) is 16.8. The molecule has 0 saturated carbocycles. The van der Waals surface area contributed by atoms with Gasteiger partial charge in [0.1, 0.15) is 0 Å². The molecule has 0 fully saturated rings. The molecule has 0 heterocycles. The van der Waals surface area contributed by atoms with Gasteiger partial charge in [-0.3, -0.25) is 18.7 Å². The highest BCUT2D eigenvalue weighted by Gasteiger charge is 2.20. The zero-order valence-corrected chi connectivity index (χ0v) is 18.4. The molecule has 0 aromatic carbocycles. The molecule has 0 aliphatic heterocycles. The van der Waals surface area contributed by atoms with Crippen LogP contribution < -0.4 is 10.6 Å². The standard InChI is InChI=1S/C12H17NO4S.C6H11NO4S/c1-4-7-10(8-5-2)11(9-18(15,16)17)13-12(14)6-3;1-3-6(8)7-5(2)4-12(9,10)11/h4-8,11H,1,3,9H2,2H3,(H,13,14)(H,15,16,17);3,5H,1,4H2,2H3,(H,7,8)(H,9,10,11)/b8-5-,10-7+;. The molecule has 2 unspecified atom stereocenters. The highest BCUT2D eigenvalue weighted by molar-refractivity contribution is 7.86. The fourth-order valence-electron chi connectivity index (χ4n) is 1.94. The van der Waals surface area contributed by atoms with E-state index < -0.39 is 55.6 Å². The first kappa shape index (κ1) is 29.7. The highest BCUT2D eigenvalue weighted by Crippen LogP contribution is 2.08. The number of hydrogen-bond donors (Lipinski definition) is 4. The van der Waals surface area contributed by atoms with Gasteiger partial charge in [0.05, 0.1) is 17.5 Å². The second kappa shape index (κ2) is 14.4.